The topological polar surface area (TPSA) is 30.7 Å². The van der Waals surface area contributed by atoms with Gasteiger partial charge in [-0.2, -0.15) is 0 Å². The van der Waals surface area contributed by atoms with E-state index < -0.39 is 23.0 Å². The van der Waals surface area contributed by atoms with Gasteiger partial charge in [0.15, 0.2) is 17.5 Å². The van der Waals surface area contributed by atoms with Crippen molar-refractivity contribution in [3.63, 3.8) is 0 Å². The van der Waals surface area contributed by atoms with Gasteiger partial charge in [0, 0.05) is 11.1 Å². The molecule has 0 fully saturated rings. The number of hydrogen-bond donors (Lipinski definition) is 0. The first kappa shape index (κ1) is 15.8. The fourth-order valence-electron chi connectivity index (χ4n) is 2.14. The molecule has 0 N–H and O–H groups in total. The fraction of sp³-hybridized carbons (Fsp3) is 0.0667. The van der Waals surface area contributed by atoms with Crippen LogP contribution >= 0.6 is 23.2 Å². The molecule has 1 aromatic heterocycles. The predicted octanol–water partition coefficient (Wildman–Crippen LogP) is 4.72. The molecule has 118 valence electrons. The number of aromatic nitrogens is 3. The Labute approximate surface area is 139 Å². The molecular weight excluding hydrogens is 350 g/mol. The minimum atomic E-state index is -1.25. The summed E-state index contributed by atoms with van der Waals surface area (Å²) in [6.07, 6.45) is 1.27. The van der Waals surface area contributed by atoms with Crippen molar-refractivity contribution in [3.05, 3.63) is 69.7 Å². The fourth-order valence-corrected chi connectivity index (χ4v) is 2.53. The third-order valence-electron chi connectivity index (χ3n) is 3.28. The summed E-state index contributed by atoms with van der Waals surface area (Å²) in [6.45, 7) is -0.291. The maximum absolute atomic E-state index is 13.8. The largest absolute Gasteiger partial charge is 0.309 e. The van der Waals surface area contributed by atoms with E-state index in [2.05, 4.69) is 10.2 Å². The minimum Gasteiger partial charge on any atom is -0.309 e. The van der Waals surface area contributed by atoms with Gasteiger partial charge in [0.05, 0.1) is 16.6 Å². The Morgan fingerprint density at radius 3 is 2.52 bits per heavy atom. The van der Waals surface area contributed by atoms with Crippen molar-refractivity contribution in [3.8, 4) is 11.4 Å². The molecule has 1 heterocycles. The highest BCUT2D eigenvalue weighted by atomic mass is 35.5. The molecule has 0 saturated carbocycles. The monoisotopic (exact) mass is 357 g/mol. The van der Waals surface area contributed by atoms with E-state index in [1.807, 2.05) is 0 Å². The molecule has 0 aliphatic carbocycles. The van der Waals surface area contributed by atoms with Crippen LogP contribution in [0, 0.1) is 17.5 Å². The van der Waals surface area contributed by atoms with Gasteiger partial charge in [-0.25, -0.2) is 13.2 Å². The van der Waals surface area contributed by atoms with Crippen molar-refractivity contribution in [1.82, 2.24) is 14.8 Å². The van der Waals surface area contributed by atoms with Crippen LogP contribution in [0.25, 0.3) is 11.4 Å². The zero-order chi connectivity index (χ0) is 16.6. The molecule has 3 rings (SSSR count). The van der Waals surface area contributed by atoms with E-state index in [1.54, 1.807) is 18.2 Å². The van der Waals surface area contributed by atoms with Crippen molar-refractivity contribution >= 4 is 23.2 Å². The Balaban J connectivity index is 2.07. The second kappa shape index (κ2) is 6.22. The summed E-state index contributed by atoms with van der Waals surface area (Å²) in [5.74, 6) is -2.97. The third-order valence-corrected chi connectivity index (χ3v) is 4.09. The summed E-state index contributed by atoms with van der Waals surface area (Å²) < 4.78 is 42.3. The van der Waals surface area contributed by atoms with Crippen LogP contribution < -0.4 is 0 Å². The Bertz CT molecular complexity index is 880. The third kappa shape index (κ3) is 2.92. The number of benzene rings is 2. The molecule has 0 aliphatic heterocycles. The number of halogens is 5. The second-order valence-corrected chi connectivity index (χ2v) is 5.49. The Kier molecular flexibility index (Phi) is 4.28. The molecule has 2 aromatic carbocycles. The molecule has 0 atom stereocenters. The van der Waals surface area contributed by atoms with Gasteiger partial charge in [-0.3, -0.25) is 0 Å². The van der Waals surface area contributed by atoms with E-state index >= 15 is 0 Å². The van der Waals surface area contributed by atoms with E-state index in [0.29, 0.717) is 10.6 Å². The average Bonchev–Trinajstić information content (AvgIpc) is 2.98. The highest BCUT2D eigenvalue weighted by Crippen LogP contribution is 2.32. The van der Waals surface area contributed by atoms with Gasteiger partial charge in [0.1, 0.15) is 12.1 Å². The molecule has 0 unspecified atom stereocenters. The summed E-state index contributed by atoms with van der Waals surface area (Å²) in [7, 11) is 0. The normalized spacial score (nSPS) is 11.0. The lowest BCUT2D eigenvalue weighted by Gasteiger charge is -2.10. The van der Waals surface area contributed by atoms with Gasteiger partial charge < -0.3 is 4.57 Å². The summed E-state index contributed by atoms with van der Waals surface area (Å²) >= 11 is 12.1. The standard InChI is InChI=1S/C15H8Cl2F3N3/c16-10-3-1-2-8(13(10)17)15-22-21-7-23(15)6-9-11(18)4-5-12(19)14(9)20/h1-5,7H,6H2. The van der Waals surface area contributed by atoms with Crippen LogP contribution in [0.4, 0.5) is 13.2 Å². The summed E-state index contributed by atoms with van der Waals surface area (Å²) in [4.78, 5) is 0. The zero-order valence-electron chi connectivity index (χ0n) is 11.4. The second-order valence-electron chi connectivity index (χ2n) is 4.71. The lowest BCUT2D eigenvalue weighted by Crippen LogP contribution is -2.07. The maximum Gasteiger partial charge on any atom is 0.166 e. The van der Waals surface area contributed by atoms with Gasteiger partial charge in [0.25, 0.3) is 0 Å². The van der Waals surface area contributed by atoms with Gasteiger partial charge in [-0.15, -0.1) is 10.2 Å². The van der Waals surface area contributed by atoms with Crippen molar-refractivity contribution in [2.24, 2.45) is 0 Å². The van der Waals surface area contributed by atoms with E-state index in [0.717, 1.165) is 12.1 Å². The van der Waals surface area contributed by atoms with Crippen LogP contribution in [0.3, 0.4) is 0 Å². The summed E-state index contributed by atoms with van der Waals surface area (Å²) in [5, 5.41) is 8.16. The molecule has 3 aromatic rings. The SMILES string of the molecule is Fc1ccc(F)c(Cn2cnnc2-c2cccc(Cl)c2Cl)c1F. The van der Waals surface area contributed by atoms with Gasteiger partial charge in [-0.1, -0.05) is 29.3 Å². The zero-order valence-corrected chi connectivity index (χ0v) is 12.9. The first-order valence-electron chi connectivity index (χ1n) is 6.43. The molecular formula is C15H8Cl2F3N3. The first-order chi connectivity index (χ1) is 11.0. The lowest BCUT2D eigenvalue weighted by atomic mass is 10.1. The van der Waals surface area contributed by atoms with E-state index in [1.165, 1.54) is 10.9 Å². The van der Waals surface area contributed by atoms with Crippen LogP contribution in [0.5, 0.6) is 0 Å². The minimum absolute atomic E-state index is 0.239. The Morgan fingerprint density at radius 2 is 1.74 bits per heavy atom. The smallest absolute Gasteiger partial charge is 0.166 e. The molecule has 0 amide bonds. The molecule has 0 radical (unpaired) electrons. The van der Waals surface area contributed by atoms with Crippen molar-refractivity contribution < 1.29 is 13.2 Å². The predicted molar refractivity (Wildman–Crippen MR) is 80.9 cm³/mol. The van der Waals surface area contributed by atoms with Crippen LogP contribution in [-0.2, 0) is 6.54 Å². The van der Waals surface area contributed by atoms with Crippen molar-refractivity contribution in [1.29, 1.82) is 0 Å². The number of rotatable bonds is 3. The molecule has 0 aliphatic rings. The highest BCUT2D eigenvalue weighted by molar-refractivity contribution is 6.43. The average molecular weight is 358 g/mol. The van der Waals surface area contributed by atoms with Crippen molar-refractivity contribution in [2.75, 3.05) is 0 Å². The van der Waals surface area contributed by atoms with Gasteiger partial charge >= 0.3 is 0 Å². The maximum atomic E-state index is 13.8. The molecule has 3 nitrogen and oxygen atoms in total. The van der Waals surface area contributed by atoms with Crippen LogP contribution in [0.2, 0.25) is 10.0 Å². The van der Waals surface area contributed by atoms with Crippen LogP contribution in [-0.4, -0.2) is 14.8 Å². The molecule has 8 heteroatoms. The Morgan fingerprint density at radius 1 is 1.00 bits per heavy atom. The van der Waals surface area contributed by atoms with Gasteiger partial charge in [0.2, 0.25) is 0 Å². The number of nitrogens with zero attached hydrogens (tertiary/aromatic N) is 3. The van der Waals surface area contributed by atoms with E-state index in [9.17, 15) is 13.2 Å². The lowest BCUT2D eigenvalue weighted by molar-refractivity contribution is 0.475. The molecule has 23 heavy (non-hydrogen) atoms. The van der Waals surface area contributed by atoms with Crippen LogP contribution in [0.1, 0.15) is 5.56 Å². The van der Waals surface area contributed by atoms with Crippen molar-refractivity contribution in [2.45, 2.75) is 6.54 Å². The van der Waals surface area contributed by atoms with E-state index in [-0.39, 0.29) is 17.4 Å². The number of hydrogen-bond acceptors (Lipinski definition) is 2. The van der Waals surface area contributed by atoms with E-state index in [4.69, 9.17) is 23.2 Å². The quantitative estimate of drug-likeness (QED) is 0.635. The Hall–Kier alpha value is -2.05. The summed E-state index contributed by atoms with van der Waals surface area (Å²) in [5.41, 5.74) is 0.0260. The van der Waals surface area contributed by atoms with Gasteiger partial charge in [-0.05, 0) is 24.3 Å². The molecule has 0 saturated heterocycles. The highest BCUT2D eigenvalue weighted by Gasteiger charge is 2.18. The molecule has 0 spiro atoms. The first-order valence-corrected chi connectivity index (χ1v) is 7.19. The molecule has 0 bridgehead atoms. The summed E-state index contributed by atoms with van der Waals surface area (Å²) in [6, 6.07) is 6.50. The van der Waals surface area contributed by atoms with Crippen LogP contribution in [0.15, 0.2) is 36.7 Å².